The molecule has 2 aliphatic rings. The molecule has 1 unspecified atom stereocenters. The molecule has 1 atom stereocenters. The zero-order valence-corrected chi connectivity index (χ0v) is 15.7. The Morgan fingerprint density at radius 3 is 2.80 bits per heavy atom. The van der Waals surface area contributed by atoms with Gasteiger partial charge in [-0.15, -0.1) is 12.4 Å². The van der Waals surface area contributed by atoms with Crippen LogP contribution in [0.15, 0.2) is 30.3 Å². The summed E-state index contributed by atoms with van der Waals surface area (Å²) >= 11 is 6.37. The molecule has 2 aromatic rings. The van der Waals surface area contributed by atoms with Crippen LogP contribution in [0.3, 0.4) is 0 Å². The quantitative estimate of drug-likeness (QED) is 0.889. The number of hydrogen-bond acceptors (Lipinski definition) is 3. The molecule has 0 radical (unpaired) electrons. The van der Waals surface area contributed by atoms with Gasteiger partial charge in [-0.1, -0.05) is 29.8 Å². The first-order chi connectivity index (χ1) is 11.6. The molecule has 1 aliphatic carbocycles. The number of benzene rings is 1. The lowest BCUT2D eigenvalue weighted by Gasteiger charge is -2.36. The Bertz CT molecular complexity index is 772. The monoisotopic (exact) mass is 380 g/mol. The van der Waals surface area contributed by atoms with E-state index < -0.39 is 0 Å². The highest BCUT2D eigenvalue weighted by molar-refractivity contribution is 6.31. The number of nitrogens with one attached hydrogen (secondary N) is 1. The van der Waals surface area contributed by atoms with E-state index in [2.05, 4.69) is 10.4 Å². The lowest BCUT2D eigenvalue weighted by molar-refractivity contribution is 0.0627. The molecule has 25 heavy (non-hydrogen) atoms. The molecule has 4 rings (SSSR count). The van der Waals surface area contributed by atoms with E-state index in [1.807, 2.05) is 47.0 Å². The summed E-state index contributed by atoms with van der Waals surface area (Å²) in [5.41, 5.74) is 2.69. The van der Waals surface area contributed by atoms with Crippen molar-refractivity contribution in [1.82, 2.24) is 20.0 Å². The first-order valence-electron chi connectivity index (χ1n) is 8.45. The van der Waals surface area contributed by atoms with Gasteiger partial charge >= 0.3 is 0 Å². The van der Waals surface area contributed by atoms with Crippen molar-refractivity contribution >= 4 is 29.9 Å². The maximum Gasteiger partial charge on any atom is 0.274 e. The number of carbonyl (C=O) groups excluding carboxylic acids is 1. The molecule has 1 aromatic carbocycles. The molecule has 134 valence electrons. The lowest BCUT2D eigenvalue weighted by Crippen LogP contribution is -2.48. The maximum absolute atomic E-state index is 13.1. The minimum absolute atomic E-state index is 0. The maximum atomic E-state index is 13.1. The number of piperazine rings is 1. The van der Waals surface area contributed by atoms with Crippen LogP contribution in [0.25, 0.3) is 0 Å². The average molecular weight is 381 g/mol. The van der Waals surface area contributed by atoms with E-state index in [4.69, 9.17) is 11.6 Å². The lowest BCUT2D eigenvalue weighted by atomic mass is 10.0. The molecule has 0 bridgehead atoms. The van der Waals surface area contributed by atoms with Gasteiger partial charge in [0.05, 0.1) is 6.04 Å². The Balaban J connectivity index is 0.00000182. The van der Waals surface area contributed by atoms with E-state index >= 15 is 0 Å². The summed E-state index contributed by atoms with van der Waals surface area (Å²) in [6, 6.07) is 9.64. The third-order valence-corrected chi connectivity index (χ3v) is 5.24. The highest BCUT2D eigenvalue weighted by atomic mass is 35.5. The number of halogens is 2. The number of amides is 1. The molecular weight excluding hydrogens is 359 g/mol. The summed E-state index contributed by atoms with van der Waals surface area (Å²) in [5, 5.41) is 8.53. The predicted octanol–water partition coefficient (Wildman–Crippen LogP) is 3.16. The van der Waals surface area contributed by atoms with E-state index in [0.29, 0.717) is 29.7 Å². The van der Waals surface area contributed by atoms with Crippen molar-refractivity contribution in [3.8, 4) is 0 Å². The Morgan fingerprint density at radius 2 is 2.08 bits per heavy atom. The molecule has 1 saturated heterocycles. The van der Waals surface area contributed by atoms with Crippen LogP contribution < -0.4 is 5.32 Å². The minimum atomic E-state index is -0.0636. The number of rotatable bonds is 3. The van der Waals surface area contributed by atoms with Crippen LogP contribution in [0.2, 0.25) is 5.02 Å². The average Bonchev–Trinajstić information content (AvgIpc) is 3.37. The van der Waals surface area contributed by atoms with Gasteiger partial charge in [0.2, 0.25) is 0 Å². The number of nitrogens with zero attached hydrogens (tertiary/aromatic N) is 3. The summed E-state index contributed by atoms with van der Waals surface area (Å²) < 4.78 is 1.86. The Kier molecular flexibility index (Phi) is 5.37. The number of hydrogen-bond donors (Lipinski definition) is 1. The van der Waals surface area contributed by atoms with Gasteiger partial charge in [-0.25, -0.2) is 0 Å². The first kappa shape index (κ1) is 18.2. The highest BCUT2D eigenvalue weighted by Crippen LogP contribution is 2.40. The Morgan fingerprint density at radius 1 is 1.32 bits per heavy atom. The summed E-state index contributed by atoms with van der Waals surface area (Å²) in [5.74, 6) is 0.565. The van der Waals surface area contributed by atoms with Crippen molar-refractivity contribution in [2.75, 3.05) is 19.6 Å². The largest absolute Gasteiger partial charge is 0.328 e. The predicted molar refractivity (Wildman–Crippen MR) is 101 cm³/mol. The van der Waals surface area contributed by atoms with E-state index in [1.54, 1.807) is 0 Å². The summed E-state index contributed by atoms with van der Waals surface area (Å²) in [7, 11) is 1.92. The smallest absolute Gasteiger partial charge is 0.274 e. The van der Waals surface area contributed by atoms with Gasteiger partial charge in [0.25, 0.3) is 5.91 Å². The van der Waals surface area contributed by atoms with Gasteiger partial charge in [-0.3, -0.25) is 9.48 Å². The van der Waals surface area contributed by atoms with E-state index in [9.17, 15) is 4.79 Å². The number of aryl methyl sites for hydroxylation is 1. The minimum Gasteiger partial charge on any atom is -0.328 e. The molecule has 2 heterocycles. The van der Waals surface area contributed by atoms with E-state index in [0.717, 1.165) is 12.1 Å². The second-order valence-electron chi connectivity index (χ2n) is 6.59. The van der Waals surface area contributed by atoms with Crippen LogP contribution >= 0.6 is 24.0 Å². The second kappa shape index (κ2) is 7.36. The number of aromatic nitrogens is 2. The van der Waals surface area contributed by atoms with E-state index in [-0.39, 0.29) is 24.4 Å². The normalized spacial score (nSPS) is 20.2. The summed E-state index contributed by atoms with van der Waals surface area (Å²) in [6.07, 6.45) is 2.39. The van der Waals surface area contributed by atoms with Crippen LogP contribution in [0.5, 0.6) is 0 Å². The first-order valence-corrected chi connectivity index (χ1v) is 8.83. The van der Waals surface area contributed by atoms with Gasteiger partial charge < -0.3 is 10.2 Å². The zero-order chi connectivity index (χ0) is 16.7. The van der Waals surface area contributed by atoms with Crippen molar-refractivity contribution in [3.05, 3.63) is 52.3 Å². The molecule has 7 heteroatoms. The standard InChI is InChI=1S/C18H21ClN4O.ClH/c1-22-16(12-6-7-12)10-15(21-22)18(24)23-9-8-20-11-17(23)13-4-2-3-5-14(13)19;/h2-5,10,12,17,20H,6-9,11H2,1H3;1H. The van der Waals surface area contributed by atoms with Gasteiger partial charge in [0.1, 0.15) is 0 Å². The zero-order valence-electron chi connectivity index (χ0n) is 14.1. The third kappa shape index (κ3) is 3.54. The van der Waals surface area contributed by atoms with Crippen LogP contribution in [0.4, 0.5) is 0 Å². The summed E-state index contributed by atoms with van der Waals surface area (Å²) in [4.78, 5) is 15.0. The van der Waals surface area contributed by atoms with Gasteiger partial charge in [0.15, 0.2) is 5.69 Å². The molecule has 0 spiro atoms. The van der Waals surface area contributed by atoms with Crippen LogP contribution in [-0.2, 0) is 7.05 Å². The second-order valence-corrected chi connectivity index (χ2v) is 7.00. The van der Waals surface area contributed by atoms with Crippen molar-refractivity contribution in [2.24, 2.45) is 7.05 Å². The Labute approximate surface area is 158 Å². The molecule has 2 fully saturated rings. The van der Waals surface area contributed by atoms with Gasteiger partial charge in [-0.2, -0.15) is 5.10 Å². The molecule has 1 saturated carbocycles. The van der Waals surface area contributed by atoms with Crippen LogP contribution in [-0.4, -0.2) is 40.2 Å². The highest BCUT2D eigenvalue weighted by Gasteiger charge is 2.33. The fourth-order valence-corrected chi connectivity index (χ4v) is 3.73. The molecule has 1 amide bonds. The topological polar surface area (TPSA) is 50.2 Å². The van der Waals surface area contributed by atoms with Gasteiger partial charge in [0, 0.05) is 43.3 Å². The van der Waals surface area contributed by atoms with Crippen LogP contribution in [0, 0.1) is 0 Å². The Hall–Kier alpha value is -1.56. The molecule has 1 aliphatic heterocycles. The van der Waals surface area contributed by atoms with Crippen molar-refractivity contribution in [1.29, 1.82) is 0 Å². The van der Waals surface area contributed by atoms with E-state index in [1.165, 1.54) is 18.5 Å². The van der Waals surface area contributed by atoms with Gasteiger partial charge in [-0.05, 0) is 30.5 Å². The fraction of sp³-hybridized carbons (Fsp3) is 0.444. The molecule has 1 N–H and O–H groups in total. The van der Waals surface area contributed by atoms with Crippen molar-refractivity contribution < 1.29 is 4.79 Å². The molecule has 1 aromatic heterocycles. The summed E-state index contributed by atoms with van der Waals surface area (Å²) in [6.45, 7) is 2.15. The number of carbonyl (C=O) groups is 1. The SMILES string of the molecule is Cl.Cn1nc(C(=O)N2CCNCC2c2ccccc2Cl)cc1C1CC1. The molecule has 5 nitrogen and oxygen atoms in total. The fourth-order valence-electron chi connectivity index (χ4n) is 3.47. The van der Waals surface area contributed by atoms with Crippen molar-refractivity contribution in [3.63, 3.8) is 0 Å². The third-order valence-electron chi connectivity index (χ3n) is 4.90. The molecular formula is C18H22Cl2N4O. The van der Waals surface area contributed by atoms with Crippen LogP contribution in [0.1, 0.15) is 46.5 Å². The van der Waals surface area contributed by atoms with Crippen molar-refractivity contribution in [2.45, 2.75) is 24.8 Å².